The zero-order chi connectivity index (χ0) is 11.7. The maximum atomic E-state index is 13.8. The Labute approximate surface area is 96.2 Å². The molecular weight excluding hydrogens is 203 g/mol. The first-order valence-corrected chi connectivity index (χ1v) is 5.90. The van der Waals surface area contributed by atoms with E-state index in [4.69, 9.17) is 5.73 Å². The van der Waals surface area contributed by atoms with Crippen molar-refractivity contribution in [3.05, 3.63) is 29.6 Å². The van der Waals surface area contributed by atoms with E-state index in [9.17, 15) is 4.39 Å². The third kappa shape index (κ3) is 1.80. The second kappa shape index (κ2) is 4.42. The molecule has 2 N–H and O–H groups in total. The average Bonchev–Trinajstić information content (AvgIpc) is 2.59. The van der Waals surface area contributed by atoms with E-state index in [-0.39, 0.29) is 11.7 Å². The molecule has 1 aliphatic heterocycles. The highest BCUT2D eigenvalue weighted by Gasteiger charge is 2.31. The smallest absolute Gasteiger partial charge is 0.128 e. The predicted octanol–water partition coefficient (Wildman–Crippen LogP) is 2.49. The normalized spacial score (nSPS) is 19.3. The Morgan fingerprint density at radius 1 is 1.50 bits per heavy atom. The third-order valence-corrected chi connectivity index (χ3v) is 3.30. The number of halogens is 1. The van der Waals surface area contributed by atoms with Crippen molar-refractivity contribution in [2.45, 2.75) is 32.2 Å². The van der Waals surface area contributed by atoms with Crippen molar-refractivity contribution in [1.82, 2.24) is 0 Å². The van der Waals surface area contributed by atoms with Gasteiger partial charge >= 0.3 is 0 Å². The Balaban J connectivity index is 2.40. The maximum Gasteiger partial charge on any atom is 0.128 e. The van der Waals surface area contributed by atoms with Gasteiger partial charge in [-0.05, 0) is 38.9 Å². The van der Waals surface area contributed by atoms with Gasteiger partial charge in [0.2, 0.25) is 0 Å². The maximum absolute atomic E-state index is 13.8. The summed E-state index contributed by atoms with van der Waals surface area (Å²) < 4.78 is 13.8. The Kier molecular flexibility index (Phi) is 3.15. The van der Waals surface area contributed by atoms with E-state index in [1.165, 1.54) is 0 Å². The van der Waals surface area contributed by atoms with E-state index in [1.807, 2.05) is 6.07 Å². The zero-order valence-electron chi connectivity index (χ0n) is 9.91. The molecule has 0 spiro atoms. The highest BCUT2D eigenvalue weighted by atomic mass is 19.1. The van der Waals surface area contributed by atoms with Crippen LogP contribution in [0.15, 0.2) is 18.2 Å². The van der Waals surface area contributed by atoms with Crippen LogP contribution in [0.4, 0.5) is 10.1 Å². The number of fused-ring (bicyclic) bond motifs is 1. The van der Waals surface area contributed by atoms with Crippen LogP contribution in [0.5, 0.6) is 0 Å². The SMILES string of the molecule is CC(C)N1CC(CCN)c2c(F)cccc21. The van der Waals surface area contributed by atoms with Gasteiger partial charge in [0.25, 0.3) is 0 Å². The molecule has 0 saturated carbocycles. The van der Waals surface area contributed by atoms with E-state index in [0.29, 0.717) is 12.6 Å². The predicted molar refractivity (Wildman–Crippen MR) is 65.3 cm³/mol. The zero-order valence-corrected chi connectivity index (χ0v) is 9.91. The molecule has 2 rings (SSSR count). The number of hydrogen-bond donors (Lipinski definition) is 1. The van der Waals surface area contributed by atoms with E-state index in [0.717, 1.165) is 24.2 Å². The third-order valence-electron chi connectivity index (χ3n) is 3.30. The summed E-state index contributed by atoms with van der Waals surface area (Å²) in [7, 11) is 0. The van der Waals surface area contributed by atoms with Crippen molar-refractivity contribution in [2.24, 2.45) is 5.73 Å². The van der Waals surface area contributed by atoms with Crippen molar-refractivity contribution < 1.29 is 4.39 Å². The number of anilines is 1. The standard InChI is InChI=1S/C13H19FN2/c1-9(2)16-8-10(6-7-15)13-11(14)4-3-5-12(13)16/h3-5,9-10H,6-8,15H2,1-2H3. The summed E-state index contributed by atoms with van der Waals surface area (Å²) in [6.45, 7) is 5.79. The second-order valence-corrected chi connectivity index (χ2v) is 4.69. The lowest BCUT2D eigenvalue weighted by atomic mass is 9.97. The lowest BCUT2D eigenvalue weighted by molar-refractivity contribution is 0.569. The highest BCUT2D eigenvalue weighted by molar-refractivity contribution is 5.61. The van der Waals surface area contributed by atoms with Crippen molar-refractivity contribution in [1.29, 1.82) is 0 Å². The highest BCUT2D eigenvalue weighted by Crippen LogP contribution is 2.40. The second-order valence-electron chi connectivity index (χ2n) is 4.69. The molecule has 1 aromatic carbocycles. The van der Waals surface area contributed by atoms with Crippen LogP contribution in [-0.4, -0.2) is 19.1 Å². The molecule has 0 aliphatic carbocycles. The van der Waals surface area contributed by atoms with E-state index in [1.54, 1.807) is 12.1 Å². The van der Waals surface area contributed by atoms with Crippen LogP contribution in [0.3, 0.4) is 0 Å². The lowest BCUT2D eigenvalue weighted by Crippen LogP contribution is -2.29. The van der Waals surface area contributed by atoms with Crippen molar-refractivity contribution >= 4 is 5.69 Å². The fraction of sp³-hybridized carbons (Fsp3) is 0.538. The molecule has 1 heterocycles. The van der Waals surface area contributed by atoms with Gasteiger partial charge in [-0.2, -0.15) is 0 Å². The van der Waals surface area contributed by atoms with Crippen LogP contribution in [0.1, 0.15) is 31.7 Å². The van der Waals surface area contributed by atoms with Crippen molar-refractivity contribution in [3.63, 3.8) is 0 Å². The fourth-order valence-corrected chi connectivity index (χ4v) is 2.53. The van der Waals surface area contributed by atoms with E-state index < -0.39 is 0 Å². The first-order chi connectivity index (χ1) is 7.65. The number of hydrogen-bond acceptors (Lipinski definition) is 2. The quantitative estimate of drug-likeness (QED) is 0.851. The topological polar surface area (TPSA) is 29.3 Å². The largest absolute Gasteiger partial charge is 0.368 e. The average molecular weight is 222 g/mol. The summed E-state index contributed by atoms with van der Waals surface area (Å²) >= 11 is 0. The van der Waals surface area contributed by atoms with Gasteiger partial charge in [0, 0.05) is 29.8 Å². The number of nitrogens with zero attached hydrogens (tertiary/aromatic N) is 1. The van der Waals surface area contributed by atoms with Crippen molar-refractivity contribution in [3.8, 4) is 0 Å². The first kappa shape index (κ1) is 11.4. The van der Waals surface area contributed by atoms with Crippen LogP contribution in [-0.2, 0) is 0 Å². The monoisotopic (exact) mass is 222 g/mol. The lowest BCUT2D eigenvalue weighted by Gasteiger charge is -2.24. The van der Waals surface area contributed by atoms with Gasteiger partial charge in [0.15, 0.2) is 0 Å². The molecule has 1 atom stereocenters. The number of benzene rings is 1. The Hall–Kier alpha value is -1.09. The van der Waals surface area contributed by atoms with E-state index in [2.05, 4.69) is 18.7 Å². The molecule has 0 radical (unpaired) electrons. The molecule has 0 bridgehead atoms. The number of nitrogens with two attached hydrogens (primary N) is 1. The van der Waals surface area contributed by atoms with Gasteiger partial charge in [0.1, 0.15) is 5.82 Å². The minimum Gasteiger partial charge on any atom is -0.368 e. The molecular formula is C13H19FN2. The van der Waals surface area contributed by atoms with Crippen molar-refractivity contribution in [2.75, 3.05) is 18.0 Å². The summed E-state index contributed by atoms with van der Waals surface area (Å²) in [5.74, 6) is 0.169. The van der Waals surface area contributed by atoms with Crippen LogP contribution < -0.4 is 10.6 Å². The van der Waals surface area contributed by atoms with Gasteiger partial charge in [-0.15, -0.1) is 0 Å². The fourth-order valence-electron chi connectivity index (χ4n) is 2.53. The summed E-state index contributed by atoms with van der Waals surface area (Å²) in [6, 6.07) is 5.75. The molecule has 3 heteroatoms. The Morgan fingerprint density at radius 3 is 2.88 bits per heavy atom. The number of rotatable bonds is 3. The van der Waals surface area contributed by atoms with Gasteiger partial charge in [-0.25, -0.2) is 4.39 Å². The molecule has 88 valence electrons. The molecule has 1 aromatic rings. The van der Waals surface area contributed by atoms with Crippen LogP contribution >= 0.6 is 0 Å². The van der Waals surface area contributed by atoms with Crippen LogP contribution in [0.25, 0.3) is 0 Å². The van der Waals surface area contributed by atoms with Gasteiger partial charge in [0.05, 0.1) is 0 Å². The molecule has 0 saturated heterocycles. The molecule has 0 fully saturated rings. The Bertz CT molecular complexity index is 376. The minimum absolute atomic E-state index is 0.0842. The minimum atomic E-state index is -0.0842. The van der Waals surface area contributed by atoms with Crippen LogP contribution in [0, 0.1) is 5.82 Å². The molecule has 16 heavy (non-hydrogen) atoms. The summed E-state index contributed by atoms with van der Waals surface area (Å²) in [5.41, 5.74) is 7.51. The molecule has 0 amide bonds. The summed E-state index contributed by atoms with van der Waals surface area (Å²) in [5, 5.41) is 0. The summed E-state index contributed by atoms with van der Waals surface area (Å²) in [6.07, 6.45) is 0.858. The molecule has 2 nitrogen and oxygen atoms in total. The molecule has 0 aromatic heterocycles. The molecule has 1 aliphatic rings. The van der Waals surface area contributed by atoms with Gasteiger partial charge in [-0.3, -0.25) is 0 Å². The first-order valence-electron chi connectivity index (χ1n) is 5.90. The molecule has 1 unspecified atom stereocenters. The van der Waals surface area contributed by atoms with E-state index >= 15 is 0 Å². The van der Waals surface area contributed by atoms with Crippen LogP contribution in [0.2, 0.25) is 0 Å². The summed E-state index contributed by atoms with van der Waals surface area (Å²) in [4.78, 5) is 2.26. The van der Waals surface area contributed by atoms with Gasteiger partial charge in [-0.1, -0.05) is 6.07 Å². The van der Waals surface area contributed by atoms with Gasteiger partial charge < -0.3 is 10.6 Å². The Morgan fingerprint density at radius 2 is 2.25 bits per heavy atom.